The van der Waals surface area contributed by atoms with Gasteiger partial charge in [-0.05, 0) is 25.5 Å². The van der Waals surface area contributed by atoms with Gasteiger partial charge in [-0.25, -0.2) is 0 Å². The molecular formula is C10H14OS. The number of benzene rings is 1. The summed E-state index contributed by atoms with van der Waals surface area (Å²) in [4.78, 5) is 1.14. The van der Waals surface area contributed by atoms with Gasteiger partial charge in [-0.15, -0.1) is 0 Å². The second-order valence-electron chi connectivity index (χ2n) is 2.80. The van der Waals surface area contributed by atoms with E-state index in [0.29, 0.717) is 0 Å². The van der Waals surface area contributed by atoms with Crippen molar-refractivity contribution in [1.82, 2.24) is 0 Å². The van der Waals surface area contributed by atoms with Crippen molar-refractivity contribution >= 4 is 11.8 Å². The number of thioether (sulfide) groups is 1. The molecule has 0 aliphatic heterocycles. The average Bonchev–Trinajstić information content (AvgIpc) is 2.04. The van der Waals surface area contributed by atoms with Crippen LogP contribution < -0.4 is 0 Å². The lowest BCUT2D eigenvalue weighted by Crippen LogP contribution is -1.96. The van der Waals surface area contributed by atoms with Gasteiger partial charge in [-0.3, -0.25) is 0 Å². The van der Waals surface area contributed by atoms with E-state index >= 15 is 0 Å². The lowest BCUT2D eigenvalue weighted by Gasteiger charge is -2.06. The molecule has 1 nitrogen and oxygen atoms in total. The Hall–Kier alpha value is -0.470. The summed E-state index contributed by atoms with van der Waals surface area (Å²) in [6.07, 6.45) is 0.790. The monoisotopic (exact) mass is 182 g/mol. The van der Waals surface area contributed by atoms with E-state index in [4.69, 9.17) is 0 Å². The third-order valence-electron chi connectivity index (χ3n) is 1.61. The number of rotatable bonds is 3. The molecule has 1 N–H and O–H groups in total. The molecule has 0 aromatic heterocycles. The van der Waals surface area contributed by atoms with Gasteiger partial charge in [0.2, 0.25) is 0 Å². The molecule has 0 saturated heterocycles. The van der Waals surface area contributed by atoms with Gasteiger partial charge >= 0.3 is 0 Å². The van der Waals surface area contributed by atoms with Crippen LogP contribution in [0.4, 0.5) is 0 Å². The zero-order valence-corrected chi connectivity index (χ0v) is 8.27. The lowest BCUT2D eigenvalue weighted by atomic mass is 10.2. The molecular weight excluding hydrogens is 168 g/mol. The Balaban J connectivity index is 2.63. The van der Waals surface area contributed by atoms with Crippen LogP contribution in [0, 0.1) is 6.92 Å². The van der Waals surface area contributed by atoms with Crippen LogP contribution in [0.1, 0.15) is 18.9 Å². The molecule has 0 bridgehead atoms. The Morgan fingerprint density at radius 1 is 1.50 bits per heavy atom. The second-order valence-corrected chi connectivity index (χ2v) is 4.05. The molecule has 1 rings (SSSR count). The van der Waals surface area contributed by atoms with E-state index in [1.165, 1.54) is 17.3 Å². The van der Waals surface area contributed by atoms with Crippen molar-refractivity contribution in [3.05, 3.63) is 29.8 Å². The topological polar surface area (TPSA) is 20.2 Å². The molecule has 0 aliphatic carbocycles. The van der Waals surface area contributed by atoms with E-state index in [-0.39, 0.29) is 5.44 Å². The Kier molecular flexibility index (Phi) is 3.63. The fourth-order valence-corrected chi connectivity index (χ4v) is 1.82. The molecule has 0 aliphatic rings. The molecule has 0 saturated carbocycles. The maximum atomic E-state index is 9.37. The van der Waals surface area contributed by atoms with Crippen LogP contribution >= 0.6 is 11.8 Å². The van der Waals surface area contributed by atoms with Crippen molar-refractivity contribution in [2.24, 2.45) is 0 Å². The summed E-state index contributed by atoms with van der Waals surface area (Å²) < 4.78 is 0. The molecule has 2 heteroatoms. The molecule has 0 amide bonds. The summed E-state index contributed by atoms with van der Waals surface area (Å²) in [6.45, 7) is 4.04. The first kappa shape index (κ1) is 9.62. The fourth-order valence-electron chi connectivity index (χ4n) is 0.929. The van der Waals surface area contributed by atoms with Gasteiger partial charge in [0.15, 0.2) is 0 Å². The fraction of sp³-hybridized carbons (Fsp3) is 0.400. The summed E-state index contributed by atoms with van der Waals surface area (Å²) in [5.74, 6) is 0. The van der Waals surface area contributed by atoms with Gasteiger partial charge < -0.3 is 5.11 Å². The van der Waals surface area contributed by atoms with Crippen LogP contribution in [0.25, 0.3) is 0 Å². The SMILES string of the molecule is CCC(O)Sc1cccc(C)c1. The summed E-state index contributed by atoms with van der Waals surface area (Å²) in [5.41, 5.74) is 0.968. The molecule has 0 heterocycles. The van der Waals surface area contributed by atoms with Gasteiger partial charge in [-0.2, -0.15) is 0 Å². The normalized spacial score (nSPS) is 12.9. The highest BCUT2D eigenvalue weighted by molar-refractivity contribution is 7.99. The van der Waals surface area contributed by atoms with E-state index in [1.807, 2.05) is 19.1 Å². The van der Waals surface area contributed by atoms with E-state index < -0.39 is 0 Å². The first-order valence-corrected chi connectivity index (χ1v) is 5.01. The first-order chi connectivity index (χ1) is 5.72. The van der Waals surface area contributed by atoms with E-state index in [9.17, 15) is 5.11 Å². The zero-order valence-electron chi connectivity index (χ0n) is 7.45. The molecule has 0 fully saturated rings. The highest BCUT2D eigenvalue weighted by atomic mass is 32.2. The Labute approximate surface area is 77.8 Å². The van der Waals surface area contributed by atoms with Crippen molar-refractivity contribution < 1.29 is 5.11 Å². The largest absolute Gasteiger partial charge is 0.382 e. The smallest absolute Gasteiger partial charge is 0.104 e. The maximum Gasteiger partial charge on any atom is 0.104 e. The third-order valence-corrected chi connectivity index (χ3v) is 2.74. The minimum Gasteiger partial charge on any atom is -0.382 e. The van der Waals surface area contributed by atoms with Crippen molar-refractivity contribution in [2.75, 3.05) is 0 Å². The quantitative estimate of drug-likeness (QED) is 0.573. The number of aliphatic hydroxyl groups excluding tert-OH is 1. The number of hydrogen-bond acceptors (Lipinski definition) is 2. The minimum absolute atomic E-state index is 0.271. The van der Waals surface area contributed by atoms with E-state index in [2.05, 4.69) is 19.1 Å². The lowest BCUT2D eigenvalue weighted by molar-refractivity contribution is 0.259. The van der Waals surface area contributed by atoms with Gasteiger partial charge in [-0.1, -0.05) is 36.4 Å². The Morgan fingerprint density at radius 3 is 2.83 bits per heavy atom. The van der Waals surface area contributed by atoms with Crippen molar-refractivity contribution in [1.29, 1.82) is 0 Å². The summed E-state index contributed by atoms with van der Waals surface area (Å²) >= 11 is 1.51. The number of aliphatic hydroxyl groups is 1. The summed E-state index contributed by atoms with van der Waals surface area (Å²) in [6, 6.07) is 8.18. The molecule has 1 aromatic rings. The molecule has 1 atom stereocenters. The average molecular weight is 182 g/mol. The molecule has 12 heavy (non-hydrogen) atoms. The predicted octanol–water partition coefficient (Wildman–Crippen LogP) is 2.82. The molecule has 1 aromatic carbocycles. The van der Waals surface area contributed by atoms with Gasteiger partial charge in [0.1, 0.15) is 5.44 Å². The number of hydrogen-bond donors (Lipinski definition) is 1. The van der Waals surface area contributed by atoms with Crippen LogP contribution in [-0.4, -0.2) is 10.5 Å². The first-order valence-electron chi connectivity index (χ1n) is 4.13. The summed E-state index contributed by atoms with van der Waals surface area (Å²) in [5, 5.41) is 9.37. The third kappa shape index (κ3) is 2.88. The van der Waals surface area contributed by atoms with Crippen molar-refractivity contribution in [2.45, 2.75) is 30.6 Å². The van der Waals surface area contributed by atoms with Crippen LogP contribution in [0.2, 0.25) is 0 Å². The van der Waals surface area contributed by atoms with Crippen LogP contribution in [0.15, 0.2) is 29.2 Å². The highest BCUT2D eigenvalue weighted by Gasteiger charge is 2.02. The van der Waals surface area contributed by atoms with Gasteiger partial charge in [0.25, 0.3) is 0 Å². The molecule has 0 radical (unpaired) electrons. The zero-order chi connectivity index (χ0) is 8.97. The Bertz CT molecular complexity index is 247. The summed E-state index contributed by atoms with van der Waals surface area (Å²) in [7, 11) is 0. The second kappa shape index (κ2) is 4.53. The van der Waals surface area contributed by atoms with Crippen LogP contribution in [0.5, 0.6) is 0 Å². The minimum atomic E-state index is -0.271. The molecule has 66 valence electrons. The molecule has 0 spiro atoms. The number of aryl methyl sites for hydroxylation is 1. The Morgan fingerprint density at radius 2 is 2.25 bits per heavy atom. The van der Waals surface area contributed by atoms with Crippen molar-refractivity contribution in [3.8, 4) is 0 Å². The van der Waals surface area contributed by atoms with Crippen molar-refractivity contribution in [3.63, 3.8) is 0 Å². The predicted molar refractivity (Wildman–Crippen MR) is 53.3 cm³/mol. The highest BCUT2D eigenvalue weighted by Crippen LogP contribution is 2.23. The van der Waals surface area contributed by atoms with Gasteiger partial charge in [0.05, 0.1) is 0 Å². The van der Waals surface area contributed by atoms with Crippen LogP contribution in [0.3, 0.4) is 0 Å². The van der Waals surface area contributed by atoms with E-state index in [0.717, 1.165) is 11.3 Å². The standard InChI is InChI=1S/C10H14OS/c1-3-10(11)12-9-6-4-5-8(2)7-9/h4-7,10-11H,3H2,1-2H3. The van der Waals surface area contributed by atoms with Gasteiger partial charge in [0, 0.05) is 4.90 Å². The van der Waals surface area contributed by atoms with Crippen LogP contribution in [-0.2, 0) is 0 Å². The molecule has 1 unspecified atom stereocenters. The van der Waals surface area contributed by atoms with E-state index in [1.54, 1.807) is 0 Å². The maximum absolute atomic E-state index is 9.37.